The van der Waals surface area contributed by atoms with Crippen molar-refractivity contribution in [1.29, 1.82) is 0 Å². The Morgan fingerprint density at radius 2 is 1.97 bits per heavy atom. The number of nitrogens with one attached hydrogen (secondary N) is 1. The standard InChI is InChI=1S/C21H33N3O4S2/c1-16-6-7-17-8-11-23-15-18-5-3-10-24(20(18)14-21(23)19(17)13-16)30(27,28)12-4-9-22-29(2,25)26/h6-7,13,18,20-22H,3-5,8-12,14-15H2,1-2H3/t18-,20+,21+/m1/s1. The van der Waals surface area contributed by atoms with Gasteiger partial charge < -0.3 is 0 Å². The van der Waals surface area contributed by atoms with Gasteiger partial charge in [-0.2, -0.15) is 4.31 Å². The summed E-state index contributed by atoms with van der Waals surface area (Å²) in [4.78, 5) is 2.56. The number of benzene rings is 1. The number of hydrogen-bond acceptors (Lipinski definition) is 5. The molecule has 0 saturated carbocycles. The molecule has 0 unspecified atom stereocenters. The molecule has 4 rings (SSSR count). The second-order valence-corrected chi connectivity index (χ2v) is 13.0. The Hall–Kier alpha value is -1.00. The molecule has 0 aliphatic carbocycles. The average molecular weight is 456 g/mol. The van der Waals surface area contributed by atoms with Crippen molar-refractivity contribution in [3.05, 3.63) is 34.9 Å². The Balaban J connectivity index is 1.50. The van der Waals surface area contributed by atoms with E-state index in [2.05, 4.69) is 34.7 Å². The third-order valence-electron chi connectivity index (χ3n) is 6.87. The molecule has 3 heterocycles. The summed E-state index contributed by atoms with van der Waals surface area (Å²) in [6, 6.07) is 7.02. The highest BCUT2D eigenvalue weighted by molar-refractivity contribution is 7.89. The lowest BCUT2D eigenvalue weighted by atomic mass is 9.77. The van der Waals surface area contributed by atoms with Crippen LogP contribution in [0.4, 0.5) is 0 Å². The van der Waals surface area contributed by atoms with Gasteiger partial charge in [0.15, 0.2) is 0 Å². The van der Waals surface area contributed by atoms with Crippen LogP contribution in [0, 0.1) is 12.8 Å². The summed E-state index contributed by atoms with van der Waals surface area (Å²) >= 11 is 0. The van der Waals surface area contributed by atoms with Crippen molar-refractivity contribution < 1.29 is 16.8 Å². The molecule has 2 fully saturated rings. The highest BCUT2D eigenvalue weighted by Crippen LogP contribution is 2.43. The molecule has 7 nitrogen and oxygen atoms in total. The minimum absolute atomic E-state index is 0.0111. The number of aryl methyl sites for hydroxylation is 1. The van der Waals surface area contributed by atoms with Crippen LogP contribution in [-0.4, -0.2) is 70.3 Å². The van der Waals surface area contributed by atoms with E-state index < -0.39 is 20.0 Å². The zero-order chi connectivity index (χ0) is 21.5. The monoisotopic (exact) mass is 455 g/mol. The molecule has 0 spiro atoms. The first-order chi connectivity index (χ1) is 14.1. The molecule has 1 N–H and O–H groups in total. The Labute approximate surface area is 180 Å². The quantitative estimate of drug-likeness (QED) is 0.659. The summed E-state index contributed by atoms with van der Waals surface area (Å²) in [6.07, 6.45) is 5.28. The third-order valence-corrected chi connectivity index (χ3v) is 9.57. The third kappa shape index (κ3) is 4.75. The molecule has 0 bridgehead atoms. The fraction of sp³-hybridized carbons (Fsp3) is 0.714. The van der Waals surface area contributed by atoms with E-state index in [9.17, 15) is 16.8 Å². The predicted molar refractivity (Wildman–Crippen MR) is 118 cm³/mol. The van der Waals surface area contributed by atoms with E-state index in [1.54, 1.807) is 4.31 Å². The van der Waals surface area contributed by atoms with Crippen LogP contribution < -0.4 is 4.72 Å². The van der Waals surface area contributed by atoms with E-state index in [4.69, 9.17) is 0 Å². The largest absolute Gasteiger partial charge is 0.296 e. The van der Waals surface area contributed by atoms with Crippen LogP contribution in [0.2, 0.25) is 0 Å². The maximum Gasteiger partial charge on any atom is 0.214 e. The van der Waals surface area contributed by atoms with E-state index in [0.29, 0.717) is 18.9 Å². The molecule has 3 aliphatic rings. The maximum absolute atomic E-state index is 13.2. The number of nitrogens with zero attached hydrogens (tertiary/aromatic N) is 2. The van der Waals surface area contributed by atoms with Gasteiger partial charge in [0.25, 0.3) is 0 Å². The summed E-state index contributed by atoms with van der Waals surface area (Å²) in [5.41, 5.74) is 4.03. The van der Waals surface area contributed by atoms with Gasteiger partial charge in [-0.25, -0.2) is 21.6 Å². The molecular weight excluding hydrogens is 422 g/mol. The Bertz CT molecular complexity index is 994. The van der Waals surface area contributed by atoms with E-state index in [-0.39, 0.29) is 24.4 Å². The lowest BCUT2D eigenvalue weighted by molar-refractivity contribution is 0.0220. The minimum Gasteiger partial charge on any atom is -0.296 e. The molecule has 3 atom stereocenters. The summed E-state index contributed by atoms with van der Waals surface area (Å²) in [5, 5.41) is 0. The van der Waals surface area contributed by atoms with Crippen molar-refractivity contribution in [3.63, 3.8) is 0 Å². The van der Waals surface area contributed by atoms with Crippen LogP contribution in [0.3, 0.4) is 0 Å². The van der Waals surface area contributed by atoms with Gasteiger partial charge in [0.05, 0.1) is 12.0 Å². The summed E-state index contributed by atoms with van der Waals surface area (Å²) < 4.78 is 52.9. The van der Waals surface area contributed by atoms with Crippen LogP contribution in [-0.2, 0) is 26.5 Å². The second kappa shape index (κ2) is 8.50. The van der Waals surface area contributed by atoms with Crippen LogP contribution in [0.25, 0.3) is 0 Å². The van der Waals surface area contributed by atoms with Gasteiger partial charge in [0.2, 0.25) is 20.0 Å². The Morgan fingerprint density at radius 3 is 2.73 bits per heavy atom. The van der Waals surface area contributed by atoms with Crippen LogP contribution in [0.1, 0.15) is 48.4 Å². The highest BCUT2D eigenvalue weighted by Gasteiger charge is 2.45. The molecule has 0 amide bonds. The SMILES string of the molecule is Cc1ccc2c(c1)[C@@H]1C[C@H]3[C@H](CCCN3S(=O)(=O)CCCNS(C)(=O)=O)CN1CC2. The topological polar surface area (TPSA) is 86.8 Å². The van der Waals surface area contributed by atoms with Gasteiger partial charge in [0.1, 0.15) is 0 Å². The van der Waals surface area contributed by atoms with Gasteiger partial charge >= 0.3 is 0 Å². The van der Waals surface area contributed by atoms with Crippen molar-refractivity contribution in [2.75, 3.05) is 38.2 Å². The normalized spacial score (nSPS) is 27.9. The van der Waals surface area contributed by atoms with Gasteiger partial charge in [-0.15, -0.1) is 0 Å². The predicted octanol–water partition coefficient (Wildman–Crippen LogP) is 1.65. The van der Waals surface area contributed by atoms with Crippen molar-refractivity contribution in [2.24, 2.45) is 5.92 Å². The highest BCUT2D eigenvalue weighted by atomic mass is 32.2. The molecular formula is C21H33N3O4S2. The van der Waals surface area contributed by atoms with E-state index >= 15 is 0 Å². The molecule has 0 aromatic heterocycles. The molecule has 1 aromatic carbocycles. The number of fused-ring (bicyclic) bond motifs is 4. The fourth-order valence-electron chi connectivity index (χ4n) is 5.49. The van der Waals surface area contributed by atoms with Gasteiger partial charge in [-0.1, -0.05) is 23.8 Å². The second-order valence-electron chi connectivity index (χ2n) is 9.12. The molecule has 168 valence electrons. The zero-order valence-corrected chi connectivity index (χ0v) is 19.5. The van der Waals surface area contributed by atoms with E-state index in [0.717, 1.165) is 45.0 Å². The number of sulfonamides is 2. The average Bonchev–Trinajstić information content (AvgIpc) is 2.68. The van der Waals surface area contributed by atoms with Crippen molar-refractivity contribution >= 4 is 20.0 Å². The maximum atomic E-state index is 13.2. The van der Waals surface area contributed by atoms with Crippen molar-refractivity contribution in [3.8, 4) is 0 Å². The number of piperidine rings is 2. The first kappa shape index (κ1) is 22.2. The summed E-state index contributed by atoms with van der Waals surface area (Å²) in [7, 11) is -6.71. The van der Waals surface area contributed by atoms with Crippen molar-refractivity contribution in [1.82, 2.24) is 13.9 Å². The van der Waals surface area contributed by atoms with Crippen LogP contribution in [0.15, 0.2) is 18.2 Å². The van der Waals surface area contributed by atoms with Gasteiger partial charge in [-0.3, -0.25) is 4.90 Å². The molecule has 30 heavy (non-hydrogen) atoms. The smallest absolute Gasteiger partial charge is 0.214 e. The van der Waals surface area contributed by atoms with E-state index in [1.165, 1.54) is 16.7 Å². The number of hydrogen-bond donors (Lipinski definition) is 1. The first-order valence-electron chi connectivity index (χ1n) is 10.9. The fourth-order valence-corrected chi connectivity index (χ4v) is 7.83. The minimum atomic E-state index is -3.41. The Kier molecular flexibility index (Phi) is 6.29. The lowest BCUT2D eigenvalue weighted by Gasteiger charge is -2.51. The molecule has 3 aliphatic heterocycles. The van der Waals surface area contributed by atoms with Crippen LogP contribution >= 0.6 is 0 Å². The van der Waals surface area contributed by atoms with Gasteiger partial charge in [-0.05, 0) is 56.1 Å². The Morgan fingerprint density at radius 1 is 1.17 bits per heavy atom. The van der Waals surface area contributed by atoms with Crippen molar-refractivity contribution in [2.45, 2.75) is 51.1 Å². The van der Waals surface area contributed by atoms with E-state index in [1.807, 2.05) is 0 Å². The molecule has 9 heteroatoms. The summed E-state index contributed by atoms with van der Waals surface area (Å²) in [6.45, 7) is 4.87. The number of rotatable bonds is 6. The lowest BCUT2D eigenvalue weighted by Crippen LogP contribution is -2.57. The summed E-state index contributed by atoms with van der Waals surface area (Å²) in [5.74, 6) is 0.369. The molecule has 1 aromatic rings. The van der Waals surface area contributed by atoms with Gasteiger partial charge in [0, 0.05) is 38.3 Å². The molecule has 0 radical (unpaired) electrons. The molecule has 2 saturated heterocycles. The van der Waals surface area contributed by atoms with Crippen LogP contribution in [0.5, 0.6) is 0 Å². The zero-order valence-electron chi connectivity index (χ0n) is 17.9. The first-order valence-corrected chi connectivity index (χ1v) is 14.4.